The molecule has 1 aromatic carbocycles. The second-order valence-electron chi connectivity index (χ2n) is 7.60. The lowest BCUT2D eigenvalue weighted by Crippen LogP contribution is -2.15. The van der Waals surface area contributed by atoms with E-state index in [1.54, 1.807) is 11.8 Å². The predicted octanol–water partition coefficient (Wildman–Crippen LogP) is 5.42. The average Bonchev–Trinajstić information content (AvgIpc) is 3.25. The number of para-hydroxylation sites is 1. The molecule has 1 aliphatic carbocycles. The monoisotopic (exact) mass is 409 g/mol. The fraction of sp³-hybridized carbons (Fsp3) is 0.409. The zero-order chi connectivity index (χ0) is 20.4. The van der Waals surface area contributed by atoms with Crippen molar-refractivity contribution >= 4 is 18.4 Å². The van der Waals surface area contributed by atoms with Crippen molar-refractivity contribution in [3.63, 3.8) is 0 Å². The van der Waals surface area contributed by atoms with Crippen LogP contribution in [0.5, 0.6) is 5.75 Å². The molecule has 6 nitrogen and oxygen atoms in total. The summed E-state index contributed by atoms with van der Waals surface area (Å²) in [7, 11) is 1.65. The number of hydrogen-bond donors (Lipinski definition) is 1. The zero-order valence-electron chi connectivity index (χ0n) is 17.2. The lowest BCUT2D eigenvalue weighted by atomic mass is 9.95. The van der Waals surface area contributed by atoms with Gasteiger partial charge in [0, 0.05) is 23.0 Å². The third-order valence-corrected chi connectivity index (χ3v) is 6.04. The SMILES string of the molecule is COc1ccccc1-c1n[nH]c(=S)n1/N=C\c1cc(C)n(C2CCCCC2)c1C. The highest BCUT2D eigenvalue weighted by Crippen LogP contribution is 2.32. The number of ether oxygens (including phenoxy) is 1. The first-order chi connectivity index (χ1) is 14.1. The number of nitrogens with zero attached hydrogens (tertiary/aromatic N) is 4. The molecule has 152 valence electrons. The average molecular weight is 410 g/mol. The van der Waals surface area contributed by atoms with E-state index >= 15 is 0 Å². The molecule has 1 N–H and O–H groups in total. The van der Waals surface area contributed by atoms with Crippen molar-refractivity contribution in [2.75, 3.05) is 7.11 Å². The number of rotatable bonds is 5. The molecule has 0 amide bonds. The van der Waals surface area contributed by atoms with Crippen LogP contribution in [0.2, 0.25) is 0 Å². The second kappa shape index (κ2) is 8.37. The molecule has 29 heavy (non-hydrogen) atoms. The number of nitrogens with one attached hydrogen (secondary N) is 1. The maximum absolute atomic E-state index is 5.48. The summed E-state index contributed by atoms with van der Waals surface area (Å²) >= 11 is 5.42. The molecule has 1 aliphatic rings. The predicted molar refractivity (Wildman–Crippen MR) is 118 cm³/mol. The molecule has 3 aromatic rings. The second-order valence-corrected chi connectivity index (χ2v) is 7.98. The number of hydrogen-bond acceptors (Lipinski definition) is 4. The molecule has 1 saturated carbocycles. The van der Waals surface area contributed by atoms with Gasteiger partial charge < -0.3 is 9.30 Å². The van der Waals surface area contributed by atoms with Crippen molar-refractivity contribution in [1.82, 2.24) is 19.4 Å². The van der Waals surface area contributed by atoms with Crippen molar-refractivity contribution in [2.45, 2.75) is 52.0 Å². The Labute approximate surface area is 176 Å². The van der Waals surface area contributed by atoms with Gasteiger partial charge in [0.05, 0.1) is 18.9 Å². The topological polar surface area (TPSA) is 60.1 Å². The minimum atomic E-state index is 0.447. The van der Waals surface area contributed by atoms with Gasteiger partial charge in [0.1, 0.15) is 5.75 Å². The Morgan fingerprint density at radius 2 is 1.97 bits per heavy atom. The van der Waals surface area contributed by atoms with Crippen LogP contribution in [-0.2, 0) is 0 Å². The number of aromatic nitrogens is 4. The Balaban J connectivity index is 1.69. The summed E-state index contributed by atoms with van der Waals surface area (Å²) in [6.45, 7) is 4.36. The Morgan fingerprint density at radius 3 is 2.72 bits per heavy atom. The molecule has 7 heteroatoms. The standard InChI is InChI=1S/C22H27N5OS/c1-15-13-17(16(2)26(15)18-9-5-4-6-10-18)14-23-27-21(24-25-22(27)29)19-11-7-8-12-20(19)28-3/h7-8,11-14,18H,4-6,9-10H2,1-3H3,(H,25,29)/b23-14-. The van der Waals surface area contributed by atoms with Gasteiger partial charge in [-0.05, 0) is 57.1 Å². The van der Waals surface area contributed by atoms with Crippen molar-refractivity contribution in [3.8, 4) is 17.1 Å². The van der Waals surface area contributed by atoms with E-state index in [1.807, 2.05) is 30.5 Å². The van der Waals surface area contributed by atoms with Crippen molar-refractivity contribution in [3.05, 3.63) is 52.1 Å². The van der Waals surface area contributed by atoms with E-state index in [1.165, 1.54) is 43.5 Å². The van der Waals surface area contributed by atoms with E-state index in [-0.39, 0.29) is 0 Å². The van der Waals surface area contributed by atoms with Crippen molar-refractivity contribution < 1.29 is 4.74 Å². The summed E-state index contributed by atoms with van der Waals surface area (Å²) in [6.07, 6.45) is 8.39. The molecule has 0 bridgehead atoms. The van der Waals surface area contributed by atoms with Crippen LogP contribution in [0.3, 0.4) is 0 Å². The number of aryl methyl sites for hydroxylation is 1. The maximum Gasteiger partial charge on any atom is 0.216 e. The number of H-pyrrole nitrogens is 1. The van der Waals surface area contributed by atoms with E-state index in [9.17, 15) is 0 Å². The molecule has 0 spiro atoms. The minimum Gasteiger partial charge on any atom is -0.496 e. The van der Waals surface area contributed by atoms with E-state index < -0.39 is 0 Å². The summed E-state index contributed by atoms with van der Waals surface area (Å²) in [5, 5.41) is 11.9. The summed E-state index contributed by atoms with van der Waals surface area (Å²) in [6, 6.07) is 10.5. The highest BCUT2D eigenvalue weighted by Gasteiger charge is 2.20. The Bertz CT molecular complexity index is 1090. The van der Waals surface area contributed by atoms with Gasteiger partial charge >= 0.3 is 0 Å². The van der Waals surface area contributed by atoms with Gasteiger partial charge in [-0.3, -0.25) is 0 Å². The van der Waals surface area contributed by atoms with Gasteiger partial charge in [-0.15, -0.1) is 0 Å². The molecule has 4 rings (SSSR count). The highest BCUT2D eigenvalue weighted by atomic mass is 32.1. The quantitative estimate of drug-likeness (QED) is 0.452. The lowest BCUT2D eigenvalue weighted by molar-refractivity contribution is 0.346. The van der Waals surface area contributed by atoms with Crippen LogP contribution in [-0.4, -0.2) is 32.8 Å². The molecule has 2 aromatic heterocycles. The van der Waals surface area contributed by atoms with Crippen LogP contribution in [0.15, 0.2) is 35.4 Å². The van der Waals surface area contributed by atoms with Crippen LogP contribution >= 0.6 is 12.2 Å². The lowest BCUT2D eigenvalue weighted by Gasteiger charge is -2.26. The first kappa shape index (κ1) is 19.6. The van der Waals surface area contributed by atoms with Crippen LogP contribution in [0.4, 0.5) is 0 Å². The molecular weight excluding hydrogens is 382 g/mol. The van der Waals surface area contributed by atoms with E-state index in [4.69, 9.17) is 17.0 Å². The van der Waals surface area contributed by atoms with Crippen molar-refractivity contribution in [2.24, 2.45) is 5.10 Å². The van der Waals surface area contributed by atoms with Gasteiger partial charge in [-0.25, -0.2) is 5.10 Å². The third-order valence-electron chi connectivity index (χ3n) is 5.77. The summed E-state index contributed by atoms with van der Waals surface area (Å²) in [4.78, 5) is 0. The fourth-order valence-electron chi connectivity index (χ4n) is 4.36. The smallest absolute Gasteiger partial charge is 0.216 e. The van der Waals surface area contributed by atoms with Gasteiger partial charge in [0.15, 0.2) is 5.82 Å². The summed E-state index contributed by atoms with van der Waals surface area (Å²) in [5.74, 6) is 1.36. The molecule has 0 aliphatic heterocycles. The van der Waals surface area contributed by atoms with Crippen LogP contribution < -0.4 is 4.74 Å². The molecule has 0 radical (unpaired) electrons. The molecule has 0 unspecified atom stereocenters. The van der Waals surface area contributed by atoms with Crippen LogP contribution in [0.25, 0.3) is 11.4 Å². The normalized spacial score (nSPS) is 15.3. The molecular formula is C22H27N5OS. The van der Waals surface area contributed by atoms with Crippen LogP contribution in [0.1, 0.15) is 55.1 Å². The fourth-order valence-corrected chi connectivity index (χ4v) is 4.54. The minimum absolute atomic E-state index is 0.447. The van der Waals surface area contributed by atoms with E-state index in [0.29, 0.717) is 16.6 Å². The van der Waals surface area contributed by atoms with Gasteiger partial charge in [0.25, 0.3) is 0 Å². The maximum atomic E-state index is 5.48. The zero-order valence-corrected chi connectivity index (χ0v) is 18.0. The van der Waals surface area contributed by atoms with Gasteiger partial charge in [0.2, 0.25) is 4.77 Å². The summed E-state index contributed by atoms with van der Waals surface area (Å²) in [5.41, 5.74) is 4.50. The summed E-state index contributed by atoms with van der Waals surface area (Å²) < 4.78 is 10.1. The molecule has 1 fully saturated rings. The highest BCUT2D eigenvalue weighted by molar-refractivity contribution is 7.71. The van der Waals surface area contributed by atoms with Gasteiger partial charge in [-0.2, -0.15) is 14.9 Å². The van der Waals surface area contributed by atoms with E-state index in [0.717, 1.165) is 16.9 Å². The Kier molecular flexibility index (Phi) is 5.67. The van der Waals surface area contributed by atoms with Crippen molar-refractivity contribution in [1.29, 1.82) is 0 Å². The van der Waals surface area contributed by atoms with E-state index in [2.05, 4.69) is 39.8 Å². The third kappa shape index (κ3) is 3.79. The number of benzene rings is 1. The molecule has 0 saturated heterocycles. The number of methoxy groups -OCH3 is 1. The first-order valence-electron chi connectivity index (χ1n) is 10.1. The first-order valence-corrected chi connectivity index (χ1v) is 10.5. The van der Waals surface area contributed by atoms with Crippen LogP contribution in [0, 0.1) is 18.6 Å². The Hall–Kier alpha value is -2.67. The molecule has 0 atom stereocenters. The largest absolute Gasteiger partial charge is 0.496 e. The number of aromatic amines is 1. The Morgan fingerprint density at radius 1 is 1.21 bits per heavy atom. The molecule has 2 heterocycles. The van der Waals surface area contributed by atoms with Gasteiger partial charge in [-0.1, -0.05) is 31.4 Å².